The summed E-state index contributed by atoms with van der Waals surface area (Å²) in [5.41, 5.74) is 2.40. The molecule has 0 aliphatic heterocycles. The van der Waals surface area contributed by atoms with Crippen LogP contribution in [-0.2, 0) is 11.2 Å². The largest absolute Gasteiger partial charge is 0.497 e. The quantitative estimate of drug-likeness (QED) is 0.635. The summed E-state index contributed by atoms with van der Waals surface area (Å²) in [5, 5.41) is 8.16. The molecule has 6 heteroatoms. The van der Waals surface area contributed by atoms with Gasteiger partial charge in [0.2, 0.25) is 5.91 Å². The fourth-order valence-corrected chi connectivity index (χ4v) is 2.25. The van der Waals surface area contributed by atoms with Crippen LogP contribution in [0.5, 0.6) is 5.75 Å². The number of anilines is 2. The molecule has 2 aromatic rings. The van der Waals surface area contributed by atoms with Crippen molar-refractivity contribution >= 4 is 23.3 Å². The molecule has 0 saturated heterocycles. The fourth-order valence-electron chi connectivity index (χ4n) is 2.25. The normalized spacial score (nSPS) is 9.88. The van der Waals surface area contributed by atoms with Crippen LogP contribution in [0.25, 0.3) is 0 Å². The van der Waals surface area contributed by atoms with E-state index in [1.54, 1.807) is 37.5 Å². The van der Waals surface area contributed by atoms with Crippen LogP contribution in [0.4, 0.5) is 16.2 Å². The van der Waals surface area contributed by atoms with Gasteiger partial charge in [-0.15, -0.1) is 6.58 Å². The fraction of sp³-hybridized carbons (Fsp3) is 0.200. The summed E-state index contributed by atoms with van der Waals surface area (Å²) in [6.07, 6.45) is 2.64. The van der Waals surface area contributed by atoms with E-state index >= 15 is 0 Å². The van der Waals surface area contributed by atoms with Crippen molar-refractivity contribution in [1.82, 2.24) is 5.32 Å². The number of methoxy groups -OCH3 is 1. The van der Waals surface area contributed by atoms with Gasteiger partial charge in [0.05, 0.1) is 7.11 Å². The molecule has 0 aliphatic rings. The van der Waals surface area contributed by atoms with E-state index in [0.717, 1.165) is 11.3 Å². The first-order valence-corrected chi connectivity index (χ1v) is 8.29. The highest BCUT2D eigenvalue weighted by molar-refractivity contribution is 5.92. The molecule has 0 unspecified atom stereocenters. The van der Waals surface area contributed by atoms with Gasteiger partial charge in [-0.05, 0) is 48.4 Å². The van der Waals surface area contributed by atoms with E-state index in [-0.39, 0.29) is 11.9 Å². The van der Waals surface area contributed by atoms with Gasteiger partial charge >= 0.3 is 6.03 Å². The summed E-state index contributed by atoms with van der Waals surface area (Å²) in [6.45, 7) is 3.93. The molecule has 0 atom stereocenters. The number of amides is 3. The number of ether oxygens (including phenoxy) is 1. The maximum atomic E-state index is 12.1. The monoisotopic (exact) mass is 353 g/mol. The molecule has 3 N–H and O–H groups in total. The molecule has 0 aromatic heterocycles. The van der Waals surface area contributed by atoms with Gasteiger partial charge in [0, 0.05) is 24.3 Å². The first-order chi connectivity index (χ1) is 12.6. The van der Waals surface area contributed by atoms with Gasteiger partial charge in [0.15, 0.2) is 0 Å². The Hall–Kier alpha value is -3.28. The number of aryl methyl sites for hydroxylation is 1. The predicted octanol–water partition coefficient (Wildman–Crippen LogP) is 3.57. The van der Waals surface area contributed by atoms with Crippen molar-refractivity contribution in [3.8, 4) is 5.75 Å². The van der Waals surface area contributed by atoms with E-state index in [2.05, 4.69) is 22.5 Å². The highest BCUT2D eigenvalue weighted by Crippen LogP contribution is 2.15. The van der Waals surface area contributed by atoms with Crippen LogP contribution in [0.15, 0.2) is 61.2 Å². The van der Waals surface area contributed by atoms with Crippen LogP contribution >= 0.6 is 0 Å². The maximum absolute atomic E-state index is 12.1. The Labute approximate surface area is 153 Å². The molecule has 0 saturated carbocycles. The minimum absolute atomic E-state index is 0.0646. The summed E-state index contributed by atoms with van der Waals surface area (Å²) >= 11 is 0. The lowest BCUT2D eigenvalue weighted by molar-refractivity contribution is -0.116. The van der Waals surface area contributed by atoms with Gasteiger partial charge in [-0.1, -0.05) is 18.2 Å². The Morgan fingerprint density at radius 3 is 2.19 bits per heavy atom. The van der Waals surface area contributed by atoms with Crippen molar-refractivity contribution in [3.63, 3.8) is 0 Å². The van der Waals surface area contributed by atoms with Crippen LogP contribution in [0, 0.1) is 0 Å². The topological polar surface area (TPSA) is 79.5 Å². The SMILES string of the molecule is C=CCNC(=O)Nc1ccc(NC(=O)CCc2ccc(OC)cc2)cc1. The molecule has 3 amide bonds. The minimum atomic E-state index is -0.304. The zero-order valence-electron chi connectivity index (χ0n) is 14.7. The third-order valence-corrected chi connectivity index (χ3v) is 3.63. The number of urea groups is 1. The molecule has 0 radical (unpaired) electrons. The van der Waals surface area contributed by atoms with Crippen LogP contribution in [-0.4, -0.2) is 25.6 Å². The molecule has 0 bridgehead atoms. The van der Waals surface area contributed by atoms with Crippen molar-refractivity contribution in [1.29, 1.82) is 0 Å². The van der Waals surface area contributed by atoms with Crippen molar-refractivity contribution in [2.24, 2.45) is 0 Å². The number of carbonyl (C=O) groups is 2. The molecular weight excluding hydrogens is 330 g/mol. The smallest absolute Gasteiger partial charge is 0.319 e. The molecule has 2 rings (SSSR count). The van der Waals surface area contributed by atoms with Crippen molar-refractivity contribution in [2.75, 3.05) is 24.3 Å². The second kappa shape index (κ2) is 9.88. The molecule has 0 heterocycles. The Bertz CT molecular complexity index is 740. The number of hydrogen-bond acceptors (Lipinski definition) is 3. The van der Waals surface area contributed by atoms with Gasteiger partial charge in [0.25, 0.3) is 0 Å². The van der Waals surface area contributed by atoms with Crippen molar-refractivity contribution < 1.29 is 14.3 Å². The Balaban J connectivity index is 1.79. The standard InChI is InChI=1S/C20H23N3O3/c1-3-14-21-20(25)23-17-9-7-16(8-10-17)22-19(24)13-6-15-4-11-18(26-2)12-5-15/h3-5,7-12H,1,6,13-14H2,2H3,(H,22,24)(H2,21,23,25). The van der Waals surface area contributed by atoms with Gasteiger partial charge in [-0.3, -0.25) is 4.79 Å². The van der Waals surface area contributed by atoms with E-state index < -0.39 is 0 Å². The molecule has 0 aliphatic carbocycles. The summed E-state index contributed by atoms with van der Waals surface area (Å²) in [6, 6.07) is 14.3. The van der Waals surface area contributed by atoms with Crippen LogP contribution in [0.1, 0.15) is 12.0 Å². The summed E-state index contributed by atoms with van der Waals surface area (Å²) in [5.74, 6) is 0.732. The third kappa shape index (κ3) is 6.32. The number of rotatable bonds is 8. The lowest BCUT2D eigenvalue weighted by Gasteiger charge is -2.08. The van der Waals surface area contributed by atoms with E-state index in [9.17, 15) is 9.59 Å². The van der Waals surface area contributed by atoms with Gasteiger partial charge in [0.1, 0.15) is 5.75 Å². The maximum Gasteiger partial charge on any atom is 0.319 e. The van der Waals surface area contributed by atoms with E-state index in [0.29, 0.717) is 30.8 Å². The second-order valence-corrected chi connectivity index (χ2v) is 5.60. The van der Waals surface area contributed by atoms with Crippen molar-refractivity contribution in [2.45, 2.75) is 12.8 Å². The van der Waals surface area contributed by atoms with Crippen LogP contribution in [0.3, 0.4) is 0 Å². The zero-order valence-corrected chi connectivity index (χ0v) is 14.7. The molecule has 2 aromatic carbocycles. The highest BCUT2D eigenvalue weighted by Gasteiger charge is 2.05. The van der Waals surface area contributed by atoms with Crippen LogP contribution in [0.2, 0.25) is 0 Å². The zero-order chi connectivity index (χ0) is 18.8. The predicted molar refractivity (Wildman–Crippen MR) is 104 cm³/mol. The van der Waals surface area contributed by atoms with Gasteiger partial charge in [-0.2, -0.15) is 0 Å². The molecule has 0 spiro atoms. The molecule has 26 heavy (non-hydrogen) atoms. The van der Waals surface area contributed by atoms with E-state index in [1.165, 1.54) is 0 Å². The summed E-state index contributed by atoms with van der Waals surface area (Å²) < 4.78 is 5.11. The Kier molecular flexibility index (Phi) is 7.24. The van der Waals surface area contributed by atoms with Crippen LogP contribution < -0.4 is 20.7 Å². The first kappa shape index (κ1) is 19.1. The van der Waals surface area contributed by atoms with E-state index in [1.807, 2.05) is 24.3 Å². The average molecular weight is 353 g/mol. The minimum Gasteiger partial charge on any atom is -0.497 e. The molecule has 6 nitrogen and oxygen atoms in total. The molecule has 0 fully saturated rings. The lowest BCUT2D eigenvalue weighted by Crippen LogP contribution is -2.28. The average Bonchev–Trinajstić information content (AvgIpc) is 2.66. The third-order valence-electron chi connectivity index (χ3n) is 3.63. The number of hydrogen-bond donors (Lipinski definition) is 3. The van der Waals surface area contributed by atoms with Gasteiger partial charge < -0.3 is 20.7 Å². The van der Waals surface area contributed by atoms with Gasteiger partial charge in [-0.25, -0.2) is 4.79 Å². The van der Waals surface area contributed by atoms with E-state index in [4.69, 9.17) is 4.74 Å². The summed E-state index contributed by atoms with van der Waals surface area (Å²) in [4.78, 5) is 23.6. The second-order valence-electron chi connectivity index (χ2n) is 5.60. The van der Waals surface area contributed by atoms with Crippen molar-refractivity contribution in [3.05, 3.63) is 66.7 Å². The number of nitrogens with one attached hydrogen (secondary N) is 3. The first-order valence-electron chi connectivity index (χ1n) is 8.29. The number of carbonyl (C=O) groups excluding carboxylic acids is 2. The number of benzene rings is 2. The molecule has 136 valence electrons. The highest BCUT2D eigenvalue weighted by atomic mass is 16.5. The summed E-state index contributed by atoms with van der Waals surface area (Å²) in [7, 11) is 1.62. The lowest BCUT2D eigenvalue weighted by atomic mass is 10.1. The Morgan fingerprint density at radius 1 is 1.00 bits per heavy atom. The Morgan fingerprint density at radius 2 is 1.62 bits per heavy atom. The molecular formula is C20H23N3O3.